The summed E-state index contributed by atoms with van der Waals surface area (Å²) in [6.07, 6.45) is 3.58. The molecule has 130 valence electrons. The zero-order valence-electron chi connectivity index (χ0n) is 14.5. The third-order valence-electron chi connectivity index (χ3n) is 4.14. The van der Waals surface area contributed by atoms with E-state index in [4.69, 9.17) is 4.74 Å². The van der Waals surface area contributed by atoms with Crippen LogP contribution in [0.3, 0.4) is 0 Å². The molecule has 0 bridgehead atoms. The molecule has 0 fully saturated rings. The lowest BCUT2D eigenvalue weighted by atomic mass is 10.2. The number of nitrogens with one attached hydrogen (secondary N) is 1. The van der Waals surface area contributed by atoms with Crippen molar-refractivity contribution >= 4 is 23.2 Å². The predicted molar refractivity (Wildman–Crippen MR) is 101 cm³/mol. The van der Waals surface area contributed by atoms with Crippen LogP contribution in [0.25, 0.3) is 0 Å². The molecule has 2 heterocycles. The fourth-order valence-corrected chi connectivity index (χ4v) is 2.94. The maximum absolute atomic E-state index is 12.9. The number of aromatic nitrogens is 1. The van der Waals surface area contributed by atoms with E-state index >= 15 is 0 Å². The minimum Gasteiger partial charge on any atom is -0.495 e. The highest BCUT2D eigenvalue weighted by molar-refractivity contribution is 6.04. The molecule has 0 atom stereocenters. The Kier molecular flexibility index (Phi) is 4.88. The van der Waals surface area contributed by atoms with E-state index in [-0.39, 0.29) is 6.03 Å². The number of pyridine rings is 1. The van der Waals surface area contributed by atoms with Crippen molar-refractivity contribution < 1.29 is 9.53 Å². The van der Waals surface area contributed by atoms with Crippen LogP contribution in [0.4, 0.5) is 22.0 Å². The first-order valence-electron chi connectivity index (χ1n) is 8.18. The van der Waals surface area contributed by atoms with Crippen LogP contribution in [0.1, 0.15) is 5.56 Å². The van der Waals surface area contributed by atoms with Gasteiger partial charge in [-0.05, 0) is 36.8 Å². The minimum absolute atomic E-state index is 0.198. The molecule has 0 spiro atoms. The first-order valence-corrected chi connectivity index (χ1v) is 8.18. The van der Waals surface area contributed by atoms with E-state index in [9.17, 15) is 4.79 Å². The number of methoxy groups -OCH3 is 1. The molecule has 2 aromatic rings. The maximum Gasteiger partial charge on any atom is 0.326 e. The summed E-state index contributed by atoms with van der Waals surface area (Å²) in [6, 6.07) is 9.24. The van der Waals surface area contributed by atoms with E-state index < -0.39 is 0 Å². The van der Waals surface area contributed by atoms with Crippen LogP contribution in [-0.4, -0.2) is 37.8 Å². The van der Waals surface area contributed by atoms with Gasteiger partial charge in [0.1, 0.15) is 5.75 Å². The van der Waals surface area contributed by atoms with Crippen LogP contribution in [0.15, 0.2) is 49.2 Å². The second-order valence-electron chi connectivity index (χ2n) is 5.87. The van der Waals surface area contributed by atoms with Crippen molar-refractivity contribution in [3.8, 4) is 5.75 Å². The number of carbonyl (C=O) groups excluding carboxylic acids is 1. The largest absolute Gasteiger partial charge is 0.495 e. The van der Waals surface area contributed by atoms with Crippen molar-refractivity contribution in [2.45, 2.75) is 6.92 Å². The van der Waals surface area contributed by atoms with Crippen LogP contribution in [0.2, 0.25) is 0 Å². The van der Waals surface area contributed by atoms with Gasteiger partial charge >= 0.3 is 6.03 Å². The van der Waals surface area contributed by atoms with Crippen LogP contribution in [0.5, 0.6) is 5.75 Å². The average molecular weight is 338 g/mol. The average Bonchev–Trinajstić information content (AvgIpc) is 2.62. The number of amides is 2. The van der Waals surface area contributed by atoms with Crippen LogP contribution in [0, 0.1) is 6.92 Å². The highest BCUT2D eigenvalue weighted by Crippen LogP contribution is 2.32. The van der Waals surface area contributed by atoms with Gasteiger partial charge in [0.25, 0.3) is 0 Å². The molecule has 0 saturated carbocycles. The molecule has 6 heteroatoms. The topological polar surface area (TPSA) is 57.7 Å². The third-order valence-corrected chi connectivity index (χ3v) is 4.14. The number of hydrogen-bond donors (Lipinski definition) is 1. The fraction of sp³-hybridized carbons (Fsp3) is 0.263. The zero-order chi connectivity index (χ0) is 17.8. The van der Waals surface area contributed by atoms with Crippen molar-refractivity contribution in [2.75, 3.05) is 41.9 Å². The van der Waals surface area contributed by atoms with Crippen molar-refractivity contribution in [1.82, 2.24) is 4.98 Å². The monoisotopic (exact) mass is 338 g/mol. The van der Waals surface area contributed by atoms with Crippen LogP contribution in [-0.2, 0) is 0 Å². The number of rotatable bonds is 4. The summed E-state index contributed by atoms with van der Waals surface area (Å²) in [5.41, 5.74) is 2.50. The molecule has 1 N–H and O–H groups in total. The number of fused-ring (bicyclic) bond motifs is 1. The van der Waals surface area contributed by atoms with E-state index in [2.05, 4.69) is 21.8 Å². The molecule has 0 aliphatic carbocycles. The molecular weight excluding hydrogens is 316 g/mol. The molecule has 3 rings (SSSR count). The van der Waals surface area contributed by atoms with E-state index in [1.807, 2.05) is 43.3 Å². The SMILES string of the molecule is C=CCN1CCN(C(=O)Nc2cc(C)ccc2OC)c2cccnc21. The smallest absolute Gasteiger partial charge is 0.326 e. The van der Waals surface area contributed by atoms with E-state index in [1.165, 1.54) is 0 Å². The van der Waals surface area contributed by atoms with Gasteiger partial charge in [-0.25, -0.2) is 9.78 Å². The van der Waals surface area contributed by atoms with Gasteiger partial charge in [-0.2, -0.15) is 0 Å². The number of nitrogens with zero attached hydrogens (tertiary/aromatic N) is 3. The summed E-state index contributed by atoms with van der Waals surface area (Å²) in [5, 5.41) is 2.96. The highest BCUT2D eigenvalue weighted by Gasteiger charge is 2.27. The molecule has 1 aromatic heterocycles. The van der Waals surface area contributed by atoms with Crippen molar-refractivity contribution in [2.24, 2.45) is 0 Å². The van der Waals surface area contributed by atoms with Gasteiger partial charge < -0.3 is 15.0 Å². The number of ether oxygens (including phenoxy) is 1. The first kappa shape index (κ1) is 16.8. The second kappa shape index (κ2) is 7.25. The molecule has 0 radical (unpaired) electrons. The summed E-state index contributed by atoms with van der Waals surface area (Å²) in [5.74, 6) is 1.43. The number of urea groups is 1. The van der Waals surface area contributed by atoms with Crippen molar-refractivity contribution in [3.05, 3.63) is 54.7 Å². The zero-order valence-corrected chi connectivity index (χ0v) is 14.5. The Morgan fingerprint density at radius 1 is 1.40 bits per heavy atom. The summed E-state index contributed by atoms with van der Waals surface area (Å²) in [7, 11) is 1.59. The normalized spacial score (nSPS) is 13.2. The lowest BCUT2D eigenvalue weighted by Gasteiger charge is -2.36. The van der Waals surface area contributed by atoms with Crippen LogP contribution < -0.4 is 19.9 Å². The highest BCUT2D eigenvalue weighted by atomic mass is 16.5. The Bertz CT molecular complexity index is 791. The number of aryl methyl sites for hydroxylation is 1. The Morgan fingerprint density at radius 3 is 3.00 bits per heavy atom. The van der Waals surface area contributed by atoms with Gasteiger partial charge in [0, 0.05) is 25.8 Å². The number of hydrogen-bond acceptors (Lipinski definition) is 4. The predicted octanol–water partition coefficient (Wildman–Crippen LogP) is 3.44. The quantitative estimate of drug-likeness (QED) is 0.868. The Hall–Kier alpha value is -3.02. The van der Waals surface area contributed by atoms with Gasteiger partial charge in [-0.15, -0.1) is 6.58 Å². The maximum atomic E-state index is 12.9. The second-order valence-corrected chi connectivity index (χ2v) is 5.87. The first-order chi connectivity index (χ1) is 12.1. The van der Waals surface area contributed by atoms with Gasteiger partial charge in [-0.1, -0.05) is 12.1 Å². The van der Waals surface area contributed by atoms with Crippen LogP contribution >= 0.6 is 0 Å². The van der Waals surface area contributed by atoms with Gasteiger partial charge in [0.05, 0.1) is 18.5 Å². The molecule has 25 heavy (non-hydrogen) atoms. The summed E-state index contributed by atoms with van der Waals surface area (Å²) >= 11 is 0. The Balaban J connectivity index is 1.87. The number of benzene rings is 1. The Labute approximate surface area is 147 Å². The molecule has 2 amide bonds. The number of carbonyl (C=O) groups is 1. The third kappa shape index (κ3) is 3.42. The van der Waals surface area contributed by atoms with Gasteiger partial charge in [0.2, 0.25) is 0 Å². The summed E-state index contributed by atoms with van der Waals surface area (Å²) < 4.78 is 5.34. The fourth-order valence-electron chi connectivity index (χ4n) is 2.94. The molecule has 1 aromatic carbocycles. The Morgan fingerprint density at radius 2 is 2.24 bits per heavy atom. The molecule has 1 aliphatic heterocycles. The number of anilines is 3. The lowest BCUT2D eigenvalue weighted by Crippen LogP contribution is -2.46. The van der Waals surface area contributed by atoms with E-state index in [1.54, 1.807) is 18.2 Å². The molecule has 0 saturated heterocycles. The van der Waals surface area contributed by atoms with E-state index in [0.29, 0.717) is 31.1 Å². The van der Waals surface area contributed by atoms with Gasteiger partial charge in [0.15, 0.2) is 5.82 Å². The van der Waals surface area contributed by atoms with E-state index in [0.717, 1.165) is 17.1 Å². The molecule has 1 aliphatic rings. The van der Waals surface area contributed by atoms with Crippen molar-refractivity contribution in [3.63, 3.8) is 0 Å². The van der Waals surface area contributed by atoms with Crippen molar-refractivity contribution in [1.29, 1.82) is 0 Å². The standard InChI is InChI=1S/C19H22N4O2/c1-4-10-22-11-12-23(16-6-5-9-20-18(16)22)19(24)21-15-13-14(2)7-8-17(15)25-3/h4-9,13H,1,10-12H2,2-3H3,(H,21,24). The molecule has 0 unspecified atom stereocenters. The minimum atomic E-state index is -0.198. The molecule has 6 nitrogen and oxygen atoms in total. The lowest BCUT2D eigenvalue weighted by molar-refractivity contribution is 0.256. The van der Waals surface area contributed by atoms with Gasteiger partial charge in [-0.3, -0.25) is 4.90 Å². The molecular formula is C19H22N4O2. The summed E-state index contributed by atoms with van der Waals surface area (Å²) in [6.45, 7) is 7.74. The summed E-state index contributed by atoms with van der Waals surface area (Å²) in [4.78, 5) is 21.1.